The molecule has 0 heterocycles. The van der Waals surface area contributed by atoms with Crippen molar-refractivity contribution < 1.29 is 28.3 Å². The van der Waals surface area contributed by atoms with Crippen LogP contribution in [0.3, 0.4) is 0 Å². The van der Waals surface area contributed by atoms with Gasteiger partial charge in [-0.3, -0.25) is 19.2 Å². The second-order valence-electron chi connectivity index (χ2n) is 11.7. The zero-order valence-electron chi connectivity index (χ0n) is 27.1. The van der Waals surface area contributed by atoms with E-state index < -0.39 is 47.6 Å². The minimum Gasteiger partial charge on any atom is -0.370 e. The molecule has 0 fully saturated rings. The first-order valence-corrected chi connectivity index (χ1v) is 15.9. The van der Waals surface area contributed by atoms with Crippen molar-refractivity contribution in [3.05, 3.63) is 83.7 Å². The number of nitrogens with two attached hydrogens (primary N) is 3. The largest absolute Gasteiger partial charge is 0.370 e. The van der Waals surface area contributed by atoms with E-state index >= 15 is 0 Å². The average Bonchev–Trinajstić information content (AvgIpc) is 3.06. The number of halogens is 1. The second kappa shape index (κ2) is 18.7. The molecular formula is C35H47FN6O5. The molecule has 0 bridgehead atoms. The van der Waals surface area contributed by atoms with Crippen LogP contribution in [0.4, 0.5) is 4.39 Å². The molecular weight excluding hydrogens is 603 g/mol. The molecule has 11 nitrogen and oxygen atoms in total. The number of likely N-dealkylation sites (N-methyl/N-ethyl adjacent to an activating group) is 1. The predicted octanol–water partition coefficient (Wildman–Crippen LogP) is 1.93. The predicted molar refractivity (Wildman–Crippen MR) is 179 cm³/mol. The molecule has 3 aromatic rings. The Balaban J connectivity index is 1.90. The Morgan fingerprint density at radius 2 is 1.57 bits per heavy atom. The highest BCUT2D eigenvalue weighted by molar-refractivity contribution is 5.94. The van der Waals surface area contributed by atoms with Crippen LogP contribution in [0, 0.1) is 5.82 Å². The zero-order chi connectivity index (χ0) is 34.3. The monoisotopic (exact) mass is 650 g/mol. The van der Waals surface area contributed by atoms with Gasteiger partial charge in [-0.2, -0.15) is 0 Å². The summed E-state index contributed by atoms with van der Waals surface area (Å²) in [7, 11) is 1.46. The molecule has 3 rings (SSSR count). The molecule has 0 aromatic heterocycles. The van der Waals surface area contributed by atoms with E-state index in [0.29, 0.717) is 31.4 Å². The molecule has 4 atom stereocenters. The summed E-state index contributed by atoms with van der Waals surface area (Å²) in [6.07, 6.45) is 2.30. The van der Waals surface area contributed by atoms with Crippen LogP contribution in [0.15, 0.2) is 66.7 Å². The number of carbonyl (C=O) groups excluding carboxylic acids is 4. The van der Waals surface area contributed by atoms with Crippen molar-refractivity contribution in [1.82, 2.24) is 15.5 Å². The molecule has 3 aromatic carbocycles. The molecule has 47 heavy (non-hydrogen) atoms. The van der Waals surface area contributed by atoms with Crippen LogP contribution < -0.4 is 27.8 Å². The van der Waals surface area contributed by atoms with Crippen molar-refractivity contribution in [2.24, 2.45) is 17.2 Å². The van der Waals surface area contributed by atoms with Crippen LogP contribution in [-0.2, 0) is 36.8 Å². The van der Waals surface area contributed by atoms with Gasteiger partial charge in [0.1, 0.15) is 30.5 Å². The van der Waals surface area contributed by atoms with E-state index in [1.54, 1.807) is 0 Å². The maximum absolute atomic E-state index is 14.2. The number of amides is 4. The van der Waals surface area contributed by atoms with Gasteiger partial charge in [-0.25, -0.2) is 4.39 Å². The molecule has 0 radical (unpaired) electrons. The Kier molecular flexibility index (Phi) is 14.7. The lowest BCUT2D eigenvalue weighted by Gasteiger charge is -2.32. The fourth-order valence-electron chi connectivity index (χ4n) is 5.15. The minimum absolute atomic E-state index is 0.0112. The Labute approximate surface area is 275 Å². The molecule has 1 unspecified atom stereocenters. The molecule has 0 saturated carbocycles. The van der Waals surface area contributed by atoms with Gasteiger partial charge in [0, 0.05) is 25.9 Å². The van der Waals surface area contributed by atoms with Gasteiger partial charge in [-0.1, -0.05) is 61.5 Å². The quantitative estimate of drug-likeness (QED) is 0.123. The van der Waals surface area contributed by atoms with Crippen molar-refractivity contribution in [3.8, 4) is 0 Å². The van der Waals surface area contributed by atoms with Gasteiger partial charge in [0.05, 0.1) is 6.61 Å². The van der Waals surface area contributed by atoms with Gasteiger partial charge < -0.3 is 37.5 Å². The third-order valence-electron chi connectivity index (χ3n) is 8.04. The van der Waals surface area contributed by atoms with E-state index in [-0.39, 0.29) is 38.5 Å². The number of nitrogens with one attached hydrogen (secondary N) is 2. The van der Waals surface area contributed by atoms with Crippen LogP contribution in [0.25, 0.3) is 10.8 Å². The second-order valence-corrected chi connectivity index (χ2v) is 11.7. The number of fused-ring (bicyclic) bond motifs is 1. The lowest BCUT2D eigenvalue weighted by Crippen LogP contribution is -2.58. The molecule has 0 spiro atoms. The highest BCUT2D eigenvalue weighted by Crippen LogP contribution is 2.18. The van der Waals surface area contributed by atoms with Crippen LogP contribution in [0.5, 0.6) is 0 Å². The first-order valence-electron chi connectivity index (χ1n) is 15.9. The van der Waals surface area contributed by atoms with Crippen LogP contribution in [-0.4, -0.2) is 79.5 Å². The summed E-state index contributed by atoms with van der Waals surface area (Å²) in [6.45, 7) is 2.21. The standard InChI is InChI=1S/C35H47FN6O5/c1-3-28(38)21-47-22-32(43)40-30(19-24-11-14-25-8-4-5-9-26(25)18-24)35(46)42(2)31(20-23-12-15-27(36)16-13-23)34(45)41-29(33(39)44)10-6-7-17-37/h4-5,8-9,11-16,18,28-31H,3,6-7,10,17,19-22,37-38H2,1-2H3,(H2,39,44)(H,40,43)(H,41,45)/t28?,29-,30+,31+/m0/s1. The maximum atomic E-state index is 14.2. The normalized spacial score (nSPS) is 13.7. The van der Waals surface area contributed by atoms with Crippen LogP contribution >= 0.6 is 0 Å². The van der Waals surface area contributed by atoms with Gasteiger partial charge in [0.25, 0.3) is 0 Å². The van der Waals surface area contributed by atoms with Crippen molar-refractivity contribution in [2.75, 3.05) is 26.8 Å². The molecule has 0 aliphatic heterocycles. The first-order chi connectivity index (χ1) is 22.5. The van der Waals surface area contributed by atoms with Crippen LogP contribution in [0.2, 0.25) is 0 Å². The molecule has 4 amide bonds. The van der Waals surface area contributed by atoms with Crippen molar-refractivity contribution in [3.63, 3.8) is 0 Å². The highest BCUT2D eigenvalue weighted by atomic mass is 19.1. The van der Waals surface area contributed by atoms with E-state index in [4.69, 9.17) is 21.9 Å². The number of hydrogen-bond acceptors (Lipinski definition) is 7. The van der Waals surface area contributed by atoms with E-state index in [2.05, 4.69) is 10.6 Å². The average molecular weight is 651 g/mol. The van der Waals surface area contributed by atoms with E-state index in [9.17, 15) is 23.6 Å². The SMILES string of the molecule is CCC(N)COCC(=O)N[C@H](Cc1ccc2ccccc2c1)C(=O)N(C)[C@H](Cc1ccc(F)cc1)C(=O)N[C@@H](CCCCN)C(N)=O. The van der Waals surface area contributed by atoms with E-state index in [0.717, 1.165) is 16.3 Å². The Morgan fingerprint density at radius 3 is 2.23 bits per heavy atom. The summed E-state index contributed by atoms with van der Waals surface area (Å²) >= 11 is 0. The third kappa shape index (κ3) is 11.7. The zero-order valence-corrected chi connectivity index (χ0v) is 27.1. The Hall–Kier alpha value is -4.39. The molecule has 0 saturated heterocycles. The van der Waals surface area contributed by atoms with Crippen molar-refractivity contribution >= 4 is 34.4 Å². The number of ether oxygens (including phenoxy) is 1. The molecule has 0 aliphatic rings. The van der Waals surface area contributed by atoms with E-state index in [1.165, 1.54) is 36.2 Å². The number of primary amides is 1. The minimum atomic E-state index is -1.13. The molecule has 8 N–H and O–H groups in total. The van der Waals surface area contributed by atoms with Gasteiger partial charge in [0.15, 0.2) is 0 Å². The smallest absolute Gasteiger partial charge is 0.246 e. The van der Waals surface area contributed by atoms with E-state index in [1.807, 2.05) is 49.4 Å². The maximum Gasteiger partial charge on any atom is 0.246 e. The lowest BCUT2D eigenvalue weighted by molar-refractivity contribution is -0.143. The third-order valence-corrected chi connectivity index (χ3v) is 8.04. The fourth-order valence-corrected chi connectivity index (χ4v) is 5.15. The summed E-state index contributed by atoms with van der Waals surface area (Å²) in [6, 6.07) is 15.7. The van der Waals surface area contributed by atoms with Crippen LogP contribution in [0.1, 0.15) is 43.7 Å². The van der Waals surface area contributed by atoms with Crippen molar-refractivity contribution in [1.29, 1.82) is 0 Å². The van der Waals surface area contributed by atoms with Gasteiger partial charge in [0.2, 0.25) is 23.6 Å². The Morgan fingerprint density at radius 1 is 0.894 bits per heavy atom. The number of hydrogen-bond donors (Lipinski definition) is 5. The van der Waals surface area contributed by atoms with Gasteiger partial charge in [-0.15, -0.1) is 0 Å². The fraction of sp³-hybridized carbons (Fsp3) is 0.429. The topological polar surface area (TPSA) is 183 Å². The highest BCUT2D eigenvalue weighted by Gasteiger charge is 2.34. The molecule has 254 valence electrons. The summed E-state index contributed by atoms with van der Waals surface area (Å²) in [5.41, 5.74) is 18.5. The molecule has 0 aliphatic carbocycles. The van der Waals surface area contributed by atoms with Gasteiger partial charge in [-0.05, 0) is 66.3 Å². The summed E-state index contributed by atoms with van der Waals surface area (Å²) in [5.74, 6) is -2.84. The Bertz CT molecular complexity index is 1490. The van der Waals surface area contributed by atoms with Crippen molar-refractivity contribution in [2.45, 2.75) is 69.6 Å². The molecule has 12 heteroatoms. The number of unbranched alkanes of at least 4 members (excludes halogenated alkanes) is 1. The van der Waals surface area contributed by atoms with Gasteiger partial charge >= 0.3 is 0 Å². The number of rotatable bonds is 19. The summed E-state index contributed by atoms with van der Waals surface area (Å²) in [4.78, 5) is 54.4. The first kappa shape index (κ1) is 37.1. The lowest BCUT2D eigenvalue weighted by atomic mass is 9.98. The number of nitrogens with zero attached hydrogens (tertiary/aromatic N) is 1. The number of benzene rings is 3. The summed E-state index contributed by atoms with van der Waals surface area (Å²) in [5, 5.41) is 7.46. The number of carbonyl (C=O) groups is 4. The summed E-state index contributed by atoms with van der Waals surface area (Å²) < 4.78 is 19.2.